The number of rotatable bonds is 5. The first-order valence-corrected chi connectivity index (χ1v) is 24.2. The summed E-state index contributed by atoms with van der Waals surface area (Å²) in [7, 11) is 0. The quantitative estimate of drug-likeness (QED) is 0.156. The molecule has 1 aliphatic heterocycles. The van der Waals surface area contributed by atoms with E-state index >= 15 is 0 Å². The molecule has 12 aromatic carbocycles. The molecule has 67 heavy (non-hydrogen) atoms. The van der Waals surface area contributed by atoms with Crippen molar-refractivity contribution >= 4 is 76.0 Å². The highest BCUT2D eigenvalue weighted by Gasteiger charge is 2.57. The molecule has 1 aliphatic carbocycles. The van der Waals surface area contributed by atoms with Gasteiger partial charge in [-0.25, -0.2) is 0 Å². The number of para-hydroxylation sites is 1. The first-order valence-electron chi connectivity index (χ1n) is 24.2. The lowest BCUT2D eigenvalue weighted by molar-refractivity contribution is 0.195. The SMILES string of the molecule is CC12CCCCC1(C)N(c1ccccc1)c1ccc(-c3cc(-c4cccc5ccccc45)c4ccc5c(-c6cccc7ccccc67)cc(-c6cccc7ccccc67)c6ccc3c4c65)cc12. The van der Waals surface area contributed by atoms with E-state index in [2.05, 4.69) is 231 Å². The minimum Gasteiger partial charge on any atom is -0.334 e. The third-order valence-corrected chi connectivity index (χ3v) is 16.6. The largest absolute Gasteiger partial charge is 0.334 e. The van der Waals surface area contributed by atoms with Crippen molar-refractivity contribution in [2.24, 2.45) is 0 Å². The van der Waals surface area contributed by atoms with E-state index in [1.807, 2.05) is 0 Å². The Labute approximate surface area is 391 Å². The van der Waals surface area contributed by atoms with E-state index in [0.717, 1.165) is 0 Å². The van der Waals surface area contributed by atoms with Crippen LogP contribution in [0.2, 0.25) is 0 Å². The van der Waals surface area contributed by atoms with Gasteiger partial charge in [0.2, 0.25) is 0 Å². The fraction of sp³-hybridized carbons (Fsp3) is 0.121. The van der Waals surface area contributed by atoms with Crippen LogP contribution in [0.4, 0.5) is 11.4 Å². The smallest absolute Gasteiger partial charge is 0.0517 e. The van der Waals surface area contributed by atoms with E-state index in [0.29, 0.717) is 0 Å². The van der Waals surface area contributed by atoms with E-state index in [1.54, 1.807) is 0 Å². The van der Waals surface area contributed by atoms with Gasteiger partial charge >= 0.3 is 0 Å². The molecule has 14 rings (SSSR count). The summed E-state index contributed by atoms with van der Waals surface area (Å²) in [6.45, 7) is 5.10. The van der Waals surface area contributed by atoms with Gasteiger partial charge in [0.05, 0.1) is 5.54 Å². The van der Waals surface area contributed by atoms with E-state index in [-0.39, 0.29) is 11.0 Å². The molecule has 0 saturated heterocycles. The zero-order chi connectivity index (χ0) is 44.4. The standard InChI is InChI=1S/C66H49N/c1-65-37-12-13-38-66(65,2)67(46-23-4-3-5-24-46)62-36-31-45(39-61(62)65)57-40-58(50-28-14-20-42-17-6-9-25-47(42)50)54-34-35-56-60(52-30-16-22-44-19-8-11-27-49(44)52)41-59(55-33-32-53(57)63(54)64(55)56)51-29-15-21-43-18-7-10-26-48(43)51/h3-11,14-36,39-41H,12-13,37-38H2,1-2H3. The average molecular weight is 856 g/mol. The van der Waals surface area contributed by atoms with Crippen LogP contribution in [0.3, 0.4) is 0 Å². The van der Waals surface area contributed by atoms with Gasteiger partial charge in [-0.1, -0.05) is 196 Å². The van der Waals surface area contributed by atoms with Gasteiger partial charge in [-0.3, -0.25) is 0 Å². The van der Waals surface area contributed by atoms with Crippen LogP contribution in [0, 0.1) is 0 Å². The van der Waals surface area contributed by atoms with Crippen molar-refractivity contribution in [2.75, 3.05) is 4.90 Å². The molecule has 0 N–H and O–H groups in total. The highest BCUT2D eigenvalue weighted by molar-refractivity contribution is 6.33. The Balaban J connectivity index is 1.13. The molecule has 2 aliphatic rings. The molecule has 2 unspecified atom stereocenters. The lowest BCUT2D eigenvalue weighted by Crippen LogP contribution is -2.54. The summed E-state index contributed by atoms with van der Waals surface area (Å²) in [6, 6.07) is 80.5. The number of anilines is 2. The number of benzene rings is 12. The Hall–Kier alpha value is -7.74. The van der Waals surface area contributed by atoms with Crippen molar-refractivity contribution in [3.05, 3.63) is 218 Å². The van der Waals surface area contributed by atoms with Crippen LogP contribution in [0.5, 0.6) is 0 Å². The van der Waals surface area contributed by atoms with E-state index < -0.39 is 0 Å². The van der Waals surface area contributed by atoms with E-state index in [4.69, 9.17) is 0 Å². The van der Waals surface area contributed by atoms with Crippen molar-refractivity contribution < 1.29 is 0 Å². The Kier molecular flexibility index (Phi) is 8.27. The van der Waals surface area contributed by atoms with E-state index in [1.165, 1.54) is 152 Å². The molecule has 318 valence electrons. The lowest BCUT2D eigenvalue weighted by Gasteiger charge is -2.50. The topological polar surface area (TPSA) is 3.24 Å². The highest BCUT2D eigenvalue weighted by Crippen LogP contribution is 2.61. The van der Waals surface area contributed by atoms with Gasteiger partial charge in [-0.05, 0) is 171 Å². The normalized spacial score (nSPS) is 18.1. The van der Waals surface area contributed by atoms with Gasteiger partial charge in [0.25, 0.3) is 0 Å². The lowest BCUT2D eigenvalue weighted by atomic mass is 9.61. The molecular weight excluding hydrogens is 807 g/mol. The summed E-state index contributed by atoms with van der Waals surface area (Å²) in [5, 5.41) is 15.4. The molecule has 0 radical (unpaired) electrons. The maximum absolute atomic E-state index is 2.69. The molecule has 0 aromatic heterocycles. The monoisotopic (exact) mass is 855 g/mol. The summed E-state index contributed by atoms with van der Waals surface area (Å²) in [5.74, 6) is 0. The molecule has 0 bridgehead atoms. The molecule has 1 heterocycles. The number of nitrogens with zero attached hydrogens (tertiary/aromatic N) is 1. The molecule has 1 saturated carbocycles. The third kappa shape index (κ3) is 5.43. The van der Waals surface area contributed by atoms with Crippen LogP contribution in [-0.2, 0) is 5.41 Å². The van der Waals surface area contributed by atoms with Gasteiger partial charge in [0.1, 0.15) is 0 Å². The van der Waals surface area contributed by atoms with E-state index in [9.17, 15) is 0 Å². The van der Waals surface area contributed by atoms with Crippen molar-refractivity contribution in [3.63, 3.8) is 0 Å². The molecule has 1 fully saturated rings. The van der Waals surface area contributed by atoms with Gasteiger partial charge < -0.3 is 4.90 Å². The second-order valence-electron chi connectivity index (χ2n) is 19.8. The summed E-state index contributed by atoms with van der Waals surface area (Å²) >= 11 is 0. The first kappa shape index (κ1) is 38.5. The second kappa shape index (κ2) is 14.4. The van der Waals surface area contributed by atoms with Crippen LogP contribution < -0.4 is 4.90 Å². The predicted octanol–water partition coefficient (Wildman–Crippen LogP) is 18.5. The van der Waals surface area contributed by atoms with Crippen LogP contribution in [0.1, 0.15) is 45.1 Å². The molecular formula is C66H49N. The maximum Gasteiger partial charge on any atom is 0.0517 e. The Morgan fingerprint density at radius 3 is 1.30 bits per heavy atom. The van der Waals surface area contributed by atoms with Crippen molar-refractivity contribution in [1.29, 1.82) is 0 Å². The van der Waals surface area contributed by atoms with Crippen molar-refractivity contribution in [2.45, 2.75) is 50.5 Å². The molecule has 0 spiro atoms. The van der Waals surface area contributed by atoms with Gasteiger partial charge in [0, 0.05) is 16.8 Å². The minimum atomic E-state index is -0.0274. The average Bonchev–Trinajstić information content (AvgIpc) is 3.59. The van der Waals surface area contributed by atoms with Gasteiger partial charge in [-0.2, -0.15) is 0 Å². The molecule has 2 atom stereocenters. The van der Waals surface area contributed by atoms with Gasteiger partial charge in [0.15, 0.2) is 0 Å². The number of fused-ring (bicyclic) bond motifs is 6. The number of hydrogen-bond donors (Lipinski definition) is 0. The first-order chi connectivity index (χ1) is 33.0. The number of hydrogen-bond acceptors (Lipinski definition) is 1. The summed E-state index contributed by atoms with van der Waals surface area (Å²) in [5.41, 5.74) is 14.3. The van der Waals surface area contributed by atoms with Crippen LogP contribution in [0.25, 0.3) is 109 Å². The summed E-state index contributed by atoms with van der Waals surface area (Å²) in [6.07, 6.45) is 4.85. The Morgan fingerprint density at radius 2 is 0.776 bits per heavy atom. The Morgan fingerprint density at radius 1 is 0.343 bits per heavy atom. The Bertz CT molecular complexity index is 3860. The van der Waals surface area contributed by atoms with Crippen LogP contribution >= 0.6 is 0 Å². The zero-order valence-electron chi connectivity index (χ0n) is 38.0. The zero-order valence-corrected chi connectivity index (χ0v) is 38.0. The van der Waals surface area contributed by atoms with Crippen molar-refractivity contribution in [1.82, 2.24) is 0 Å². The van der Waals surface area contributed by atoms with Gasteiger partial charge in [-0.15, -0.1) is 0 Å². The molecule has 0 amide bonds. The summed E-state index contributed by atoms with van der Waals surface area (Å²) < 4.78 is 0. The fourth-order valence-electron chi connectivity index (χ4n) is 13.2. The predicted molar refractivity (Wildman–Crippen MR) is 287 cm³/mol. The second-order valence-corrected chi connectivity index (χ2v) is 19.8. The van der Waals surface area contributed by atoms with Crippen LogP contribution in [-0.4, -0.2) is 5.54 Å². The maximum atomic E-state index is 2.69. The molecule has 1 heteroatoms. The third-order valence-electron chi connectivity index (χ3n) is 16.6. The highest BCUT2D eigenvalue weighted by atomic mass is 15.3. The minimum absolute atomic E-state index is 0.00456. The molecule has 1 nitrogen and oxygen atoms in total. The van der Waals surface area contributed by atoms with Crippen molar-refractivity contribution in [3.8, 4) is 44.5 Å². The molecule has 12 aromatic rings. The summed E-state index contributed by atoms with van der Waals surface area (Å²) in [4.78, 5) is 2.69. The fourth-order valence-corrected chi connectivity index (χ4v) is 13.2. The van der Waals surface area contributed by atoms with Crippen LogP contribution in [0.15, 0.2) is 212 Å².